The van der Waals surface area contributed by atoms with E-state index in [0.29, 0.717) is 32.5 Å². The zero-order chi connectivity index (χ0) is 18.9. The third-order valence-corrected chi connectivity index (χ3v) is 4.98. The van der Waals surface area contributed by atoms with Gasteiger partial charge in [-0.15, -0.1) is 12.4 Å². The van der Waals surface area contributed by atoms with Gasteiger partial charge in [0.1, 0.15) is 5.75 Å². The summed E-state index contributed by atoms with van der Waals surface area (Å²) >= 11 is 0. The van der Waals surface area contributed by atoms with Crippen molar-refractivity contribution in [3.63, 3.8) is 0 Å². The second-order valence-corrected chi connectivity index (χ2v) is 6.88. The van der Waals surface area contributed by atoms with Crippen LogP contribution in [0.1, 0.15) is 43.2 Å². The van der Waals surface area contributed by atoms with Crippen molar-refractivity contribution in [2.24, 2.45) is 5.73 Å². The predicted octanol–water partition coefficient (Wildman–Crippen LogP) is 2.34. The van der Waals surface area contributed by atoms with Crippen LogP contribution in [0.15, 0.2) is 18.2 Å². The lowest BCUT2D eigenvalue weighted by atomic mass is 10.0. The zero-order valence-electron chi connectivity index (χ0n) is 16.3. The fourth-order valence-electron chi connectivity index (χ4n) is 3.26. The fourth-order valence-corrected chi connectivity index (χ4v) is 3.26. The van der Waals surface area contributed by atoms with E-state index in [1.165, 1.54) is 5.56 Å². The van der Waals surface area contributed by atoms with Crippen LogP contribution in [0.3, 0.4) is 0 Å². The Kier molecular flexibility index (Phi) is 10.2. The molecule has 1 fully saturated rings. The van der Waals surface area contributed by atoms with Crippen LogP contribution in [-0.2, 0) is 9.59 Å². The summed E-state index contributed by atoms with van der Waals surface area (Å²) in [6.07, 6.45) is 3.69. The first-order valence-electron chi connectivity index (χ1n) is 9.48. The number of amides is 2. The number of hydrogen-bond acceptors (Lipinski definition) is 4. The molecule has 3 N–H and O–H groups in total. The minimum absolute atomic E-state index is 0. The Morgan fingerprint density at radius 2 is 2.04 bits per heavy atom. The highest BCUT2D eigenvalue weighted by Gasteiger charge is 2.26. The SMILES string of the molecule is Cc1cccc(OCCC(=O)N2CCCCC2CNC(=O)CCN)c1C.Cl. The molecule has 1 heterocycles. The largest absolute Gasteiger partial charge is 0.493 e. The number of piperidine rings is 1. The van der Waals surface area contributed by atoms with E-state index >= 15 is 0 Å². The van der Waals surface area contributed by atoms with Gasteiger partial charge in [-0.2, -0.15) is 0 Å². The number of halogens is 1. The third-order valence-electron chi connectivity index (χ3n) is 4.98. The number of nitrogens with one attached hydrogen (secondary N) is 1. The number of ether oxygens (including phenoxy) is 1. The van der Waals surface area contributed by atoms with Gasteiger partial charge in [0.05, 0.1) is 13.0 Å². The maximum absolute atomic E-state index is 12.6. The molecule has 0 aromatic heterocycles. The Morgan fingerprint density at radius 3 is 2.78 bits per heavy atom. The van der Waals surface area contributed by atoms with E-state index in [9.17, 15) is 9.59 Å². The molecule has 0 aliphatic carbocycles. The minimum atomic E-state index is -0.0521. The highest BCUT2D eigenvalue weighted by atomic mass is 35.5. The molecular formula is C20H32ClN3O3. The van der Waals surface area contributed by atoms with Gasteiger partial charge in [-0.25, -0.2) is 0 Å². The summed E-state index contributed by atoms with van der Waals surface area (Å²) in [6.45, 7) is 6.03. The number of aryl methyl sites for hydroxylation is 1. The highest BCUT2D eigenvalue weighted by Crippen LogP contribution is 2.21. The van der Waals surface area contributed by atoms with E-state index in [1.807, 2.05) is 36.9 Å². The van der Waals surface area contributed by atoms with Crippen molar-refractivity contribution < 1.29 is 14.3 Å². The zero-order valence-corrected chi connectivity index (χ0v) is 17.1. The molecule has 0 radical (unpaired) electrons. The van der Waals surface area contributed by atoms with E-state index in [4.69, 9.17) is 10.5 Å². The van der Waals surface area contributed by atoms with Crippen molar-refractivity contribution in [1.82, 2.24) is 10.2 Å². The van der Waals surface area contributed by atoms with Crippen LogP contribution in [0.25, 0.3) is 0 Å². The Bertz CT molecular complexity index is 624. The van der Waals surface area contributed by atoms with Gasteiger partial charge < -0.3 is 20.7 Å². The smallest absolute Gasteiger partial charge is 0.226 e. The van der Waals surface area contributed by atoms with Gasteiger partial charge in [-0.05, 0) is 50.3 Å². The van der Waals surface area contributed by atoms with Crippen molar-refractivity contribution in [1.29, 1.82) is 0 Å². The molecule has 1 unspecified atom stereocenters. The quantitative estimate of drug-likeness (QED) is 0.705. The topological polar surface area (TPSA) is 84.7 Å². The summed E-state index contributed by atoms with van der Waals surface area (Å²) in [5, 5.41) is 2.89. The fraction of sp³-hybridized carbons (Fsp3) is 0.600. The Labute approximate surface area is 168 Å². The van der Waals surface area contributed by atoms with Gasteiger partial charge in [-0.1, -0.05) is 12.1 Å². The van der Waals surface area contributed by atoms with Gasteiger partial charge in [0.2, 0.25) is 11.8 Å². The summed E-state index contributed by atoms with van der Waals surface area (Å²) in [7, 11) is 0. The monoisotopic (exact) mass is 397 g/mol. The van der Waals surface area contributed by atoms with E-state index in [2.05, 4.69) is 5.32 Å². The summed E-state index contributed by atoms with van der Waals surface area (Å²) in [5.41, 5.74) is 7.69. The normalized spacial score (nSPS) is 16.4. The second kappa shape index (κ2) is 11.8. The molecule has 0 bridgehead atoms. The average molecular weight is 398 g/mol. The third kappa shape index (κ3) is 7.03. The average Bonchev–Trinajstić information content (AvgIpc) is 2.64. The molecule has 1 saturated heterocycles. The maximum Gasteiger partial charge on any atom is 0.226 e. The number of nitrogens with zero attached hydrogens (tertiary/aromatic N) is 1. The summed E-state index contributed by atoms with van der Waals surface area (Å²) in [6, 6.07) is 6.01. The molecule has 27 heavy (non-hydrogen) atoms. The molecule has 152 valence electrons. The lowest BCUT2D eigenvalue weighted by molar-refractivity contribution is -0.136. The predicted molar refractivity (Wildman–Crippen MR) is 109 cm³/mol. The molecule has 1 aromatic carbocycles. The van der Waals surface area contributed by atoms with Crippen LogP contribution >= 0.6 is 12.4 Å². The summed E-state index contributed by atoms with van der Waals surface area (Å²) in [5.74, 6) is 0.874. The first-order chi connectivity index (χ1) is 12.5. The molecule has 6 nitrogen and oxygen atoms in total. The van der Waals surface area contributed by atoms with Crippen molar-refractivity contribution in [3.05, 3.63) is 29.3 Å². The molecule has 7 heteroatoms. The van der Waals surface area contributed by atoms with Crippen LogP contribution in [0.4, 0.5) is 0 Å². The van der Waals surface area contributed by atoms with E-state index in [1.54, 1.807) is 0 Å². The Balaban J connectivity index is 0.00000364. The number of nitrogens with two attached hydrogens (primary N) is 1. The Morgan fingerprint density at radius 1 is 1.26 bits per heavy atom. The van der Waals surface area contributed by atoms with Crippen molar-refractivity contribution in [3.8, 4) is 5.75 Å². The van der Waals surface area contributed by atoms with Gasteiger partial charge >= 0.3 is 0 Å². The van der Waals surface area contributed by atoms with Crippen LogP contribution in [0.2, 0.25) is 0 Å². The molecule has 1 aliphatic heterocycles. The number of rotatable bonds is 8. The van der Waals surface area contributed by atoms with Gasteiger partial charge in [0.25, 0.3) is 0 Å². The lowest BCUT2D eigenvalue weighted by Gasteiger charge is -2.36. The number of carbonyl (C=O) groups excluding carboxylic acids is 2. The van der Waals surface area contributed by atoms with E-state index in [-0.39, 0.29) is 30.3 Å². The van der Waals surface area contributed by atoms with Crippen LogP contribution in [0, 0.1) is 13.8 Å². The lowest BCUT2D eigenvalue weighted by Crippen LogP contribution is -2.49. The summed E-state index contributed by atoms with van der Waals surface area (Å²) in [4.78, 5) is 26.2. The standard InChI is InChI=1S/C20H31N3O3.ClH/c1-15-6-5-8-18(16(15)2)26-13-10-20(25)23-12-4-3-7-17(23)14-22-19(24)9-11-21;/h5-6,8,17H,3-4,7,9-14,21H2,1-2H3,(H,22,24);1H. The molecular weight excluding hydrogens is 366 g/mol. The van der Waals surface area contributed by atoms with E-state index < -0.39 is 0 Å². The number of hydrogen-bond donors (Lipinski definition) is 2. The first-order valence-corrected chi connectivity index (χ1v) is 9.48. The van der Waals surface area contributed by atoms with Crippen LogP contribution < -0.4 is 15.8 Å². The number of likely N-dealkylation sites (tertiary alicyclic amines) is 1. The molecule has 2 rings (SSSR count). The van der Waals surface area contributed by atoms with E-state index in [0.717, 1.165) is 37.1 Å². The Hall–Kier alpha value is -1.79. The highest BCUT2D eigenvalue weighted by molar-refractivity contribution is 5.85. The molecule has 2 amide bonds. The molecule has 1 aromatic rings. The molecule has 0 spiro atoms. The number of benzene rings is 1. The van der Waals surface area contributed by atoms with Crippen molar-refractivity contribution >= 4 is 24.2 Å². The summed E-state index contributed by atoms with van der Waals surface area (Å²) < 4.78 is 5.81. The van der Waals surface area contributed by atoms with Crippen molar-refractivity contribution in [2.45, 2.75) is 52.0 Å². The maximum atomic E-state index is 12.6. The molecule has 1 atom stereocenters. The number of carbonyl (C=O) groups is 2. The van der Waals surface area contributed by atoms with Gasteiger partial charge in [0, 0.05) is 32.1 Å². The first kappa shape index (κ1) is 23.2. The minimum Gasteiger partial charge on any atom is -0.493 e. The van der Waals surface area contributed by atoms with Crippen LogP contribution in [0.5, 0.6) is 5.75 Å². The van der Waals surface area contributed by atoms with Gasteiger partial charge in [0.15, 0.2) is 0 Å². The molecule has 0 saturated carbocycles. The van der Waals surface area contributed by atoms with Crippen LogP contribution in [-0.4, -0.2) is 49.0 Å². The molecule has 1 aliphatic rings. The second-order valence-electron chi connectivity index (χ2n) is 6.88. The van der Waals surface area contributed by atoms with Gasteiger partial charge in [-0.3, -0.25) is 9.59 Å². The van der Waals surface area contributed by atoms with Crippen molar-refractivity contribution in [2.75, 3.05) is 26.2 Å².